The second-order valence-corrected chi connectivity index (χ2v) is 7.93. The molecule has 1 fully saturated rings. The fourth-order valence-electron chi connectivity index (χ4n) is 4.18. The van der Waals surface area contributed by atoms with Gasteiger partial charge in [-0.15, -0.1) is 0 Å². The molecule has 0 aliphatic heterocycles. The van der Waals surface area contributed by atoms with Crippen LogP contribution in [0.3, 0.4) is 0 Å². The number of hydrogen-bond acceptors (Lipinski definition) is 1. The van der Waals surface area contributed by atoms with Crippen LogP contribution in [0.5, 0.6) is 0 Å². The van der Waals surface area contributed by atoms with Crippen LogP contribution in [0.2, 0.25) is 0 Å². The van der Waals surface area contributed by atoms with E-state index in [2.05, 4.69) is 13.8 Å². The van der Waals surface area contributed by atoms with Gasteiger partial charge in [0.2, 0.25) is 0 Å². The summed E-state index contributed by atoms with van der Waals surface area (Å²) in [5.74, 6) is 3.01. The Balaban J connectivity index is 1.92. The zero-order valence-electron chi connectivity index (χ0n) is 14.9. The molecule has 1 saturated carbocycles. The molecule has 21 heavy (non-hydrogen) atoms. The summed E-state index contributed by atoms with van der Waals surface area (Å²) in [7, 11) is 0. The highest BCUT2D eigenvalue weighted by Crippen LogP contribution is 2.35. The summed E-state index contributed by atoms with van der Waals surface area (Å²) in [4.78, 5) is 0. The van der Waals surface area contributed by atoms with Gasteiger partial charge in [-0.25, -0.2) is 0 Å². The van der Waals surface area contributed by atoms with Gasteiger partial charge in [-0.05, 0) is 43.6 Å². The van der Waals surface area contributed by atoms with Crippen molar-refractivity contribution < 1.29 is 0 Å². The molecule has 1 aliphatic carbocycles. The minimum atomic E-state index is 0.874. The van der Waals surface area contributed by atoms with E-state index in [0.29, 0.717) is 0 Å². The van der Waals surface area contributed by atoms with Gasteiger partial charge in [0.15, 0.2) is 0 Å². The zero-order valence-corrected chi connectivity index (χ0v) is 14.9. The first-order valence-corrected chi connectivity index (χ1v) is 9.92. The monoisotopic (exact) mass is 295 g/mol. The maximum absolute atomic E-state index is 5.52. The van der Waals surface area contributed by atoms with E-state index in [0.717, 1.165) is 24.3 Å². The first-order valence-electron chi connectivity index (χ1n) is 9.92. The number of unbranched alkanes of at least 4 members (excludes halogenated alkanes) is 7. The predicted molar refractivity (Wildman–Crippen MR) is 95.5 cm³/mol. The molecule has 1 nitrogen and oxygen atoms in total. The van der Waals surface area contributed by atoms with Crippen LogP contribution in [0.15, 0.2) is 0 Å². The maximum Gasteiger partial charge on any atom is -0.00773 e. The molecular weight excluding hydrogens is 254 g/mol. The average molecular weight is 296 g/mol. The quantitative estimate of drug-likeness (QED) is 0.419. The molecular formula is C20H41N. The maximum atomic E-state index is 5.52. The standard InChI is InChI=1S/C20H41N/c1-18(2)16-20-14-11-13-19(17-20)12-9-7-5-3-4-6-8-10-15-21/h18-20H,3-17,21H2,1-2H3. The highest BCUT2D eigenvalue weighted by molar-refractivity contribution is 4.74. The number of rotatable bonds is 12. The highest BCUT2D eigenvalue weighted by Gasteiger charge is 2.21. The third-order valence-corrected chi connectivity index (χ3v) is 5.26. The van der Waals surface area contributed by atoms with Crippen LogP contribution in [-0.4, -0.2) is 6.54 Å². The van der Waals surface area contributed by atoms with Crippen molar-refractivity contribution in [2.45, 2.75) is 104 Å². The van der Waals surface area contributed by atoms with Crippen LogP contribution in [0.25, 0.3) is 0 Å². The summed E-state index contributed by atoms with van der Waals surface area (Å²) < 4.78 is 0. The fraction of sp³-hybridized carbons (Fsp3) is 1.00. The van der Waals surface area contributed by atoms with E-state index in [1.165, 1.54) is 89.9 Å². The summed E-state index contributed by atoms with van der Waals surface area (Å²) >= 11 is 0. The SMILES string of the molecule is CC(C)CC1CCCC(CCCCCCCCCCN)C1. The Kier molecular flexibility index (Phi) is 11.3. The Morgan fingerprint density at radius 3 is 2.00 bits per heavy atom. The summed E-state index contributed by atoms with van der Waals surface area (Å²) in [6.07, 6.45) is 20.3. The van der Waals surface area contributed by atoms with E-state index in [-0.39, 0.29) is 0 Å². The minimum Gasteiger partial charge on any atom is -0.330 e. The summed E-state index contributed by atoms with van der Waals surface area (Å²) in [6, 6.07) is 0. The predicted octanol–water partition coefficient (Wildman–Crippen LogP) is 6.31. The number of nitrogens with two attached hydrogens (primary N) is 1. The number of hydrogen-bond donors (Lipinski definition) is 1. The second kappa shape index (κ2) is 12.5. The van der Waals surface area contributed by atoms with Crippen molar-refractivity contribution in [3.63, 3.8) is 0 Å². The van der Waals surface area contributed by atoms with E-state index < -0.39 is 0 Å². The molecule has 126 valence electrons. The fourth-order valence-corrected chi connectivity index (χ4v) is 4.18. The molecule has 2 atom stereocenters. The molecule has 0 heterocycles. The molecule has 0 spiro atoms. The highest BCUT2D eigenvalue weighted by atomic mass is 14.5. The zero-order chi connectivity index (χ0) is 15.3. The van der Waals surface area contributed by atoms with E-state index in [9.17, 15) is 0 Å². The molecule has 0 aromatic carbocycles. The first-order chi connectivity index (χ1) is 10.2. The van der Waals surface area contributed by atoms with Crippen molar-refractivity contribution >= 4 is 0 Å². The van der Waals surface area contributed by atoms with Crippen LogP contribution < -0.4 is 5.73 Å². The lowest BCUT2D eigenvalue weighted by Gasteiger charge is -2.30. The summed E-state index contributed by atoms with van der Waals surface area (Å²) in [5.41, 5.74) is 5.52. The van der Waals surface area contributed by atoms with Gasteiger partial charge in [0, 0.05) is 0 Å². The van der Waals surface area contributed by atoms with E-state index >= 15 is 0 Å². The Morgan fingerprint density at radius 2 is 1.38 bits per heavy atom. The molecule has 0 aromatic heterocycles. The Bertz CT molecular complexity index is 224. The molecule has 0 aromatic rings. The van der Waals surface area contributed by atoms with Crippen molar-refractivity contribution in [1.29, 1.82) is 0 Å². The molecule has 0 radical (unpaired) electrons. The lowest BCUT2D eigenvalue weighted by Crippen LogP contribution is -2.17. The summed E-state index contributed by atoms with van der Waals surface area (Å²) in [5, 5.41) is 0. The van der Waals surface area contributed by atoms with Gasteiger partial charge >= 0.3 is 0 Å². The molecule has 2 unspecified atom stereocenters. The van der Waals surface area contributed by atoms with Gasteiger partial charge < -0.3 is 5.73 Å². The molecule has 1 heteroatoms. The van der Waals surface area contributed by atoms with Gasteiger partial charge in [0.25, 0.3) is 0 Å². The van der Waals surface area contributed by atoms with Crippen LogP contribution >= 0.6 is 0 Å². The van der Waals surface area contributed by atoms with E-state index in [1.54, 1.807) is 0 Å². The lowest BCUT2D eigenvalue weighted by molar-refractivity contribution is 0.223. The van der Waals surface area contributed by atoms with Crippen LogP contribution in [0.1, 0.15) is 104 Å². The molecule has 1 aliphatic rings. The third-order valence-electron chi connectivity index (χ3n) is 5.26. The molecule has 2 N–H and O–H groups in total. The first kappa shape index (κ1) is 19.0. The molecule has 0 amide bonds. The third kappa shape index (κ3) is 10.3. The van der Waals surface area contributed by atoms with Crippen LogP contribution in [0, 0.1) is 17.8 Å². The van der Waals surface area contributed by atoms with Crippen LogP contribution in [-0.2, 0) is 0 Å². The molecule has 0 bridgehead atoms. The van der Waals surface area contributed by atoms with Gasteiger partial charge in [-0.3, -0.25) is 0 Å². The van der Waals surface area contributed by atoms with Crippen LogP contribution in [0.4, 0.5) is 0 Å². The van der Waals surface area contributed by atoms with Gasteiger partial charge in [0.1, 0.15) is 0 Å². The largest absolute Gasteiger partial charge is 0.330 e. The van der Waals surface area contributed by atoms with Crippen molar-refractivity contribution in [3.8, 4) is 0 Å². The Labute approximate surface area is 134 Å². The smallest absolute Gasteiger partial charge is 0.00773 e. The minimum absolute atomic E-state index is 0.874. The second-order valence-electron chi connectivity index (χ2n) is 7.93. The Morgan fingerprint density at radius 1 is 0.810 bits per heavy atom. The van der Waals surface area contributed by atoms with Crippen molar-refractivity contribution in [2.75, 3.05) is 6.54 Å². The van der Waals surface area contributed by atoms with Crippen molar-refractivity contribution in [3.05, 3.63) is 0 Å². The Hall–Kier alpha value is -0.0400. The summed E-state index contributed by atoms with van der Waals surface area (Å²) in [6.45, 7) is 5.65. The van der Waals surface area contributed by atoms with Crippen molar-refractivity contribution in [1.82, 2.24) is 0 Å². The lowest BCUT2D eigenvalue weighted by atomic mass is 9.76. The van der Waals surface area contributed by atoms with E-state index in [4.69, 9.17) is 5.73 Å². The van der Waals surface area contributed by atoms with E-state index in [1.807, 2.05) is 0 Å². The van der Waals surface area contributed by atoms with Gasteiger partial charge in [0.05, 0.1) is 0 Å². The van der Waals surface area contributed by atoms with Gasteiger partial charge in [-0.1, -0.05) is 84.5 Å². The molecule has 0 saturated heterocycles. The topological polar surface area (TPSA) is 26.0 Å². The molecule has 1 rings (SSSR count). The van der Waals surface area contributed by atoms with Crippen molar-refractivity contribution in [2.24, 2.45) is 23.5 Å². The average Bonchev–Trinajstić information content (AvgIpc) is 2.45. The van der Waals surface area contributed by atoms with Gasteiger partial charge in [-0.2, -0.15) is 0 Å². The normalized spacial score (nSPS) is 22.9.